The second-order valence-corrected chi connectivity index (χ2v) is 10.4. The van der Waals surface area contributed by atoms with E-state index in [1.807, 2.05) is 12.1 Å². The highest BCUT2D eigenvalue weighted by molar-refractivity contribution is 7.97. The molecule has 178 valence electrons. The van der Waals surface area contributed by atoms with Crippen LogP contribution in [-0.2, 0) is 12.6 Å². The molecular weight excluding hydrogens is 483 g/mol. The van der Waals surface area contributed by atoms with Crippen LogP contribution < -0.4 is 10.6 Å². The molecule has 2 N–H and O–H groups in total. The number of pyridine rings is 1. The number of anilines is 1. The Labute approximate surface area is 203 Å². The van der Waals surface area contributed by atoms with Gasteiger partial charge in [0.05, 0.1) is 11.3 Å². The number of halogens is 3. The van der Waals surface area contributed by atoms with Crippen LogP contribution in [0.15, 0.2) is 47.5 Å². The van der Waals surface area contributed by atoms with E-state index in [1.54, 1.807) is 11.9 Å². The first-order valence-corrected chi connectivity index (χ1v) is 12.6. The van der Waals surface area contributed by atoms with Crippen molar-refractivity contribution < 1.29 is 18.0 Å². The molecule has 0 saturated carbocycles. The molecule has 2 aliphatic rings. The topological polar surface area (TPSA) is 70.2 Å². The van der Waals surface area contributed by atoms with E-state index in [1.165, 1.54) is 17.4 Å². The van der Waals surface area contributed by atoms with Gasteiger partial charge in [-0.3, -0.25) is 4.79 Å². The Bertz CT molecular complexity index is 1160. The molecule has 0 unspecified atom stereocenters. The second-order valence-electron chi connectivity index (χ2n) is 8.19. The minimum absolute atomic E-state index is 0.0378. The number of hydrogen-bond donors (Lipinski definition) is 2. The van der Waals surface area contributed by atoms with Crippen LogP contribution >= 0.6 is 23.3 Å². The van der Waals surface area contributed by atoms with Crippen LogP contribution in [0, 0.1) is 0 Å². The third-order valence-electron chi connectivity index (χ3n) is 5.78. The summed E-state index contributed by atoms with van der Waals surface area (Å²) < 4.78 is 40.4. The van der Waals surface area contributed by atoms with Crippen LogP contribution in [0.4, 0.5) is 19.0 Å². The highest BCUT2D eigenvalue weighted by Gasteiger charge is 2.31. The van der Waals surface area contributed by atoms with E-state index < -0.39 is 11.7 Å². The first-order chi connectivity index (χ1) is 16.3. The molecular formula is C23H22F3N5OS2. The molecule has 4 heterocycles. The summed E-state index contributed by atoms with van der Waals surface area (Å²) in [5, 5.41) is 6.96. The summed E-state index contributed by atoms with van der Waals surface area (Å²) >= 11 is 3.13. The zero-order valence-corrected chi connectivity index (χ0v) is 19.7. The maximum absolute atomic E-state index is 12.7. The summed E-state index contributed by atoms with van der Waals surface area (Å²) in [6, 6.07) is 10.8. The fourth-order valence-corrected chi connectivity index (χ4v) is 5.93. The number of amides is 1. The largest absolute Gasteiger partial charge is 0.417 e. The van der Waals surface area contributed by atoms with E-state index >= 15 is 0 Å². The third-order valence-corrected chi connectivity index (χ3v) is 8.04. The van der Waals surface area contributed by atoms with Crippen LogP contribution in [0.1, 0.15) is 33.8 Å². The van der Waals surface area contributed by atoms with Crippen molar-refractivity contribution >= 4 is 35.0 Å². The number of benzene rings is 1. The lowest BCUT2D eigenvalue weighted by molar-refractivity contribution is -0.137. The third kappa shape index (κ3) is 5.21. The van der Waals surface area contributed by atoms with Crippen LogP contribution in [-0.4, -0.2) is 45.9 Å². The summed E-state index contributed by atoms with van der Waals surface area (Å²) in [5.74, 6) is 0.431. The molecule has 3 aromatic rings. The van der Waals surface area contributed by atoms with Crippen molar-refractivity contribution in [1.29, 1.82) is 0 Å². The molecule has 5 rings (SSSR count). The highest BCUT2D eigenvalue weighted by atomic mass is 32.2. The maximum atomic E-state index is 12.7. The van der Waals surface area contributed by atoms with Gasteiger partial charge in [-0.25, -0.2) is 14.3 Å². The van der Waals surface area contributed by atoms with Gasteiger partial charge in [0.15, 0.2) is 0 Å². The van der Waals surface area contributed by atoms with E-state index in [9.17, 15) is 18.0 Å². The Morgan fingerprint density at radius 2 is 1.88 bits per heavy atom. The van der Waals surface area contributed by atoms with Gasteiger partial charge in [0.1, 0.15) is 15.7 Å². The van der Waals surface area contributed by atoms with Gasteiger partial charge < -0.3 is 10.6 Å². The Morgan fingerprint density at radius 3 is 2.53 bits per heavy atom. The average molecular weight is 506 g/mol. The lowest BCUT2D eigenvalue weighted by atomic mass is 10.1. The Kier molecular flexibility index (Phi) is 6.50. The van der Waals surface area contributed by atoms with E-state index in [4.69, 9.17) is 0 Å². The molecule has 34 heavy (non-hydrogen) atoms. The summed E-state index contributed by atoms with van der Waals surface area (Å²) in [5.41, 5.74) is 1.14. The van der Waals surface area contributed by atoms with Crippen molar-refractivity contribution in [3.63, 3.8) is 0 Å². The van der Waals surface area contributed by atoms with Gasteiger partial charge in [-0.1, -0.05) is 12.1 Å². The molecule has 0 bridgehead atoms. The van der Waals surface area contributed by atoms with Crippen molar-refractivity contribution in [1.82, 2.24) is 19.6 Å². The standard InChI is InChI=1S/C23H22F3N5OS2/c24-23(25,26)15-3-6-19(28-13-15)29-16-8-11-31(12-9-16)34-17-4-1-14(2-5-17)22-30-18-7-10-27-21(32)20(18)33-22/h1-6,13,16H,7-12H2,(H,27,32)(H,28,29). The monoisotopic (exact) mass is 505 g/mol. The van der Waals surface area contributed by atoms with E-state index in [0.29, 0.717) is 17.2 Å². The maximum Gasteiger partial charge on any atom is 0.417 e. The smallest absolute Gasteiger partial charge is 0.367 e. The summed E-state index contributed by atoms with van der Waals surface area (Å²) in [6.45, 7) is 2.36. The number of rotatable bonds is 5. The summed E-state index contributed by atoms with van der Waals surface area (Å²) in [4.78, 5) is 22.4. The molecule has 11 heteroatoms. The molecule has 1 saturated heterocycles. The number of thiazole rings is 1. The van der Waals surface area contributed by atoms with E-state index in [-0.39, 0.29) is 11.9 Å². The number of carbonyl (C=O) groups is 1. The molecule has 1 amide bonds. The molecule has 1 aromatic carbocycles. The van der Waals surface area contributed by atoms with Gasteiger partial charge in [0.25, 0.3) is 5.91 Å². The fraction of sp³-hybridized carbons (Fsp3) is 0.348. The Hall–Kier alpha value is -2.63. The van der Waals surface area contributed by atoms with Crippen molar-refractivity contribution in [3.05, 3.63) is 58.7 Å². The van der Waals surface area contributed by atoms with Crippen LogP contribution in [0.2, 0.25) is 0 Å². The van der Waals surface area contributed by atoms with Crippen molar-refractivity contribution in [2.24, 2.45) is 0 Å². The minimum Gasteiger partial charge on any atom is -0.367 e. The lowest BCUT2D eigenvalue weighted by Gasteiger charge is -2.31. The lowest BCUT2D eigenvalue weighted by Crippen LogP contribution is -2.35. The molecule has 2 aliphatic heterocycles. The van der Waals surface area contributed by atoms with E-state index in [0.717, 1.165) is 65.8 Å². The van der Waals surface area contributed by atoms with Gasteiger partial charge in [0, 0.05) is 48.8 Å². The van der Waals surface area contributed by atoms with Crippen LogP contribution in [0.3, 0.4) is 0 Å². The van der Waals surface area contributed by atoms with Gasteiger partial charge in [-0.2, -0.15) is 13.2 Å². The van der Waals surface area contributed by atoms with Crippen molar-refractivity contribution in [3.8, 4) is 10.6 Å². The highest BCUT2D eigenvalue weighted by Crippen LogP contribution is 2.33. The predicted octanol–water partition coefficient (Wildman–Crippen LogP) is 5.09. The number of alkyl halides is 3. The summed E-state index contributed by atoms with van der Waals surface area (Å²) in [7, 11) is 0. The fourth-order valence-electron chi connectivity index (χ4n) is 3.95. The van der Waals surface area contributed by atoms with Crippen molar-refractivity contribution in [2.75, 3.05) is 25.0 Å². The number of piperidine rings is 1. The van der Waals surface area contributed by atoms with Gasteiger partial charge in [-0.05, 0) is 49.1 Å². The molecule has 0 aliphatic carbocycles. The normalized spacial score (nSPS) is 17.3. The zero-order chi connectivity index (χ0) is 23.7. The second kappa shape index (κ2) is 9.55. The van der Waals surface area contributed by atoms with Gasteiger partial charge in [0.2, 0.25) is 0 Å². The first kappa shape index (κ1) is 23.1. The molecule has 0 atom stereocenters. The van der Waals surface area contributed by atoms with Crippen LogP contribution in [0.5, 0.6) is 0 Å². The van der Waals surface area contributed by atoms with Crippen molar-refractivity contribution in [2.45, 2.75) is 36.4 Å². The van der Waals surface area contributed by atoms with Crippen LogP contribution in [0.25, 0.3) is 10.6 Å². The Balaban J connectivity index is 1.13. The number of nitrogens with zero attached hydrogens (tertiary/aromatic N) is 3. The average Bonchev–Trinajstić information content (AvgIpc) is 3.27. The zero-order valence-electron chi connectivity index (χ0n) is 18.1. The molecule has 0 spiro atoms. The Morgan fingerprint density at radius 1 is 1.12 bits per heavy atom. The molecule has 2 aromatic heterocycles. The number of hydrogen-bond acceptors (Lipinski definition) is 7. The number of aromatic nitrogens is 2. The molecule has 6 nitrogen and oxygen atoms in total. The number of carbonyl (C=O) groups excluding carboxylic acids is 1. The van der Waals surface area contributed by atoms with Gasteiger partial charge in [-0.15, -0.1) is 11.3 Å². The number of nitrogens with one attached hydrogen (secondary N) is 2. The number of fused-ring (bicyclic) bond motifs is 1. The van der Waals surface area contributed by atoms with E-state index in [2.05, 4.69) is 37.0 Å². The minimum atomic E-state index is -4.37. The predicted molar refractivity (Wildman–Crippen MR) is 127 cm³/mol. The molecule has 1 fully saturated rings. The molecule has 0 radical (unpaired) electrons. The summed E-state index contributed by atoms with van der Waals surface area (Å²) in [6.07, 6.45) is -0.985. The van der Waals surface area contributed by atoms with Gasteiger partial charge >= 0.3 is 6.18 Å². The SMILES string of the molecule is O=C1NCCc2nc(-c3ccc(SN4CCC(Nc5ccc(C(F)(F)F)cn5)CC4)cc3)sc21. The first-order valence-electron chi connectivity index (χ1n) is 11.0. The quantitative estimate of drug-likeness (QED) is 0.471.